The topological polar surface area (TPSA) is 66.5 Å². The standard InChI is InChI=1S/C17H20N2O3S/c1-12-5-10-17(13(2)11-12)23(21,22)19(4)16-8-6-15(7-9-16)18-14(3)20/h5-11H,1-4H3,(H,18,20). The second kappa shape index (κ2) is 6.42. The van der Waals surface area contributed by atoms with Gasteiger partial charge in [0.2, 0.25) is 5.91 Å². The summed E-state index contributed by atoms with van der Waals surface area (Å²) in [5.74, 6) is -0.172. The van der Waals surface area contributed by atoms with Crippen LogP contribution in [0.3, 0.4) is 0 Å². The van der Waals surface area contributed by atoms with Gasteiger partial charge in [0.05, 0.1) is 10.6 Å². The van der Waals surface area contributed by atoms with Gasteiger partial charge in [0.25, 0.3) is 10.0 Å². The fraction of sp³-hybridized carbons (Fsp3) is 0.235. The van der Waals surface area contributed by atoms with E-state index in [2.05, 4.69) is 5.32 Å². The predicted octanol–water partition coefficient (Wildman–Crippen LogP) is 3.09. The highest BCUT2D eigenvalue weighted by Gasteiger charge is 2.23. The fourth-order valence-corrected chi connectivity index (χ4v) is 3.73. The zero-order chi connectivity index (χ0) is 17.2. The molecule has 0 aliphatic rings. The first-order chi connectivity index (χ1) is 10.7. The van der Waals surface area contributed by atoms with Crippen LogP contribution >= 0.6 is 0 Å². The summed E-state index contributed by atoms with van der Waals surface area (Å²) in [6.07, 6.45) is 0. The first kappa shape index (κ1) is 17.0. The number of hydrogen-bond donors (Lipinski definition) is 1. The van der Waals surface area contributed by atoms with Gasteiger partial charge >= 0.3 is 0 Å². The Morgan fingerprint density at radius 2 is 1.65 bits per heavy atom. The molecule has 122 valence electrons. The Hall–Kier alpha value is -2.34. The molecule has 23 heavy (non-hydrogen) atoms. The molecule has 0 bridgehead atoms. The number of nitrogens with one attached hydrogen (secondary N) is 1. The first-order valence-corrected chi connectivity index (χ1v) is 8.59. The summed E-state index contributed by atoms with van der Waals surface area (Å²) in [5, 5.41) is 2.65. The van der Waals surface area contributed by atoms with Crippen LogP contribution in [0.5, 0.6) is 0 Å². The molecule has 2 aromatic carbocycles. The predicted molar refractivity (Wildman–Crippen MR) is 92.3 cm³/mol. The van der Waals surface area contributed by atoms with E-state index in [1.807, 2.05) is 13.0 Å². The molecule has 0 atom stereocenters. The van der Waals surface area contributed by atoms with E-state index in [4.69, 9.17) is 0 Å². The van der Waals surface area contributed by atoms with E-state index >= 15 is 0 Å². The van der Waals surface area contributed by atoms with Crippen molar-refractivity contribution in [3.05, 3.63) is 53.6 Å². The van der Waals surface area contributed by atoms with Gasteiger partial charge in [0.15, 0.2) is 0 Å². The normalized spacial score (nSPS) is 11.1. The van der Waals surface area contributed by atoms with Crippen LogP contribution < -0.4 is 9.62 Å². The van der Waals surface area contributed by atoms with E-state index in [1.165, 1.54) is 18.3 Å². The minimum atomic E-state index is -3.63. The molecule has 2 aromatic rings. The van der Waals surface area contributed by atoms with E-state index in [-0.39, 0.29) is 10.8 Å². The van der Waals surface area contributed by atoms with Gasteiger partial charge in [-0.2, -0.15) is 0 Å². The number of carbonyl (C=O) groups excluding carboxylic acids is 1. The molecule has 1 amide bonds. The molecular formula is C17H20N2O3S. The van der Waals surface area contributed by atoms with Gasteiger partial charge in [-0.25, -0.2) is 8.42 Å². The highest BCUT2D eigenvalue weighted by molar-refractivity contribution is 7.92. The van der Waals surface area contributed by atoms with Crippen LogP contribution in [0.25, 0.3) is 0 Å². The number of nitrogens with zero attached hydrogens (tertiary/aromatic N) is 1. The monoisotopic (exact) mass is 332 g/mol. The van der Waals surface area contributed by atoms with Gasteiger partial charge in [-0.05, 0) is 49.7 Å². The summed E-state index contributed by atoms with van der Waals surface area (Å²) in [6, 6.07) is 11.9. The third kappa shape index (κ3) is 3.71. The third-order valence-electron chi connectivity index (χ3n) is 3.52. The number of benzene rings is 2. The van der Waals surface area contributed by atoms with Gasteiger partial charge in [0, 0.05) is 19.7 Å². The Morgan fingerprint density at radius 3 is 2.17 bits per heavy atom. The van der Waals surface area contributed by atoms with Crippen LogP contribution in [0.4, 0.5) is 11.4 Å². The molecule has 0 aromatic heterocycles. The Bertz CT molecular complexity index is 827. The average molecular weight is 332 g/mol. The Morgan fingerprint density at radius 1 is 1.04 bits per heavy atom. The van der Waals surface area contributed by atoms with Crippen LogP contribution in [0.1, 0.15) is 18.1 Å². The second-order valence-corrected chi connectivity index (χ2v) is 7.41. The van der Waals surface area contributed by atoms with Gasteiger partial charge < -0.3 is 5.32 Å². The molecule has 2 rings (SSSR count). The van der Waals surface area contributed by atoms with Crippen molar-refractivity contribution in [1.82, 2.24) is 0 Å². The van der Waals surface area contributed by atoms with Crippen molar-refractivity contribution in [3.63, 3.8) is 0 Å². The molecule has 0 heterocycles. The number of anilines is 2. The molecule has 5 nitrogen and oxygen atoms in total. The van der Waals surface area contributed by atoms with Crippen molar-refractivity contribution in [3.8, 4) is 0 Å². The highest BCUT2D eigenvalue weighted by Crippen LogP contribution is 2.25. The summed E-state index contributed by atoms with van der Waals surface area (Å²) in [6.45, 7) is 5.13. The van der Waals surface area contributed by atoms with E-state index in [0.29, 0.717) is 16.9 Å². The van der Waals surface area contributed by atoms with Crippen molar-refractivity contribution in [2.45, 2.75) is 25.7 Å². The molecule has 0 unspecified atom stereocenters. The van der Waals surface area contributed by atoms with Gasteiger partial charge in [-0.15, -0.1) is 0 Å². The second-order valence-electron chi connectivity index (χ2n) is 5.47. The lowest BCUT2D eigenvalue weighted by Crippen LogP contribution is -2.27. The third-order valence-corrected chi connectivity index (χ3v) is 5.47. The summed E-state index contributed by atoms with van der Waals surface area (Å²) < 4.78 is 26.8. The van der Waals surface area contributed by atoms with Crippen LogP contribution in [-0.4, -0.2) is 21.4 Å². The summed E-state index contributed by atoms with van der Waals surface area (Å²) in [4.78, 5) is 11.3. The van der Waals surface area contributed by atoms with Crippen molar-refractivity contribution in [2.75, 3.05) is 16.7 Å². The number of hydrogen-bond acceptors (Lipinski definition) is 3. The molecule has 0 saturated carbocycles. The Balaban J connectivity index is 2.34. The van der Waals surface area contributed by atoms with Crippen molar-refractivity contribution >= 4 is 27.3 Å². The van der Waals surface area contributed by atoms with Crippen LogP contribution in [-0.2, 0) is 14.8 Å². The van der Waals surface area contributed by atoms with Gasteiger partial charge in [0.1, 0.15) is 0 Å². The molecule has 0 aliphatic heterocycles. The van der Waals surface area contributed by atoms with E-state index in [9.17, 15) is 13.2 Å². The van der Waals surface area contributed by atoms with Crippen LogP contribution in [0, 0.1) is 13.8 Å². The molecule has 0 saturated heterocycles. The number of sulfonamides is 1. The Labute approximate surface area is 137 Å². The lowest BCUT2D eigenvalue weighted by Gasteiger charge is -2.21. The molecule has 0 aliphatic carbocycles. The molecule has 1 N–H and O–H groups in total. The van der Waals surface area contributed by atoms with Gasteiger partial charge in [-0.3, -0.25) is 9.10 Å². The van der Waals surface area contributed by atoms with E-state index in [1.54, 1.807) is 43.3 Å². The average Bonchev–Trinajstić information content (AvgIpc) is 2.46. The highest BCUT2D eigenvalue weighted by atomic mass is 32.2. The Kier molecular flexibility index (Phi) is 4.75. The number of rotatable bonds is 4. The number of aryl methyl sites for hydroxylation is 2. The zero-order valence-electron chi connectivity index (χ0n) is 13.6. The molecule has 0 fully saturated rings. The molecular weight excluding hydrogens is 312 g/mol. The maximum absolute atomic E-state index is 12.8. The largest absolute Gasteiger partial charge is 0.326 e. The molecule has 6 heteroatoms. The summed E-state index contributed by atoms with van der Waals surface area (Å²) in [7, 11) is -2.11. The minimum absolute atomic E-state index is 0.172. The van der Waals surface area contributed by atoms with Crippen molar-refractivity contribution in [2.24, 2.45) is 0 Å². The van der Waals surface area contributed by atoms with Crippen molar-refractivity contribution in [1.29, 1.82) is 0 Å². The SMILES string of the molecule is CC(=O)Nc1ccc(N(C)S(=O)(=O)c2ccc(C)cc2C)cc1. The summed E-state index contributed by atoms with van der Waals surface area (Å²) >= 11 is 0. The smallest absolute Gasteiger partial charge is 0.264 e. The maximum Gasteiger partial charge on any atom is 0.264 e. The lowest BCUT2D eigenvalue weighted by molar-refractivity contribution is -0.114. The maximum atomic E-state index is 12.8. The number of amides is 1. The van der Waals surface area contributed by atoms with Crippen LogP contribution in [0.15, 0.2) is 47.4 Å². The van der Waals surface area contributed by atoms with Gasteiger partial charge in [-0.1, -0.05) is 17.7 Å². The fourth-order valence-electron chi connectivity index (χ4n) is 2.33. The van der Waals surface area contributed by atoms with E-state index < -0.39 is 10.0 Å². The zero-order valence-corrected chi connectivity index (χ0v) is 14.4. The first-order valence-electron chi connectivity index (χ1n) is 7.15. The van der Waals surface area contributed by atoms with Crippen molar-refractivity contribution < 1.29 is 13.2 Å². The minimum Gasteiger partial charge on any atom is -0.326 e. The quantitative estimate of drug-likeness (QED) is 0.935. The number of carbonyl (C=O) groups is 1. The molecule has 0 radical (unpaired) electrons. The van der Waals surface area contributed by atoms with Crippen LogP contribution in [0.2, 0.25) is 0 Å². The molecule has 0 spiro atoms. The lowest BCUT2D eigenvalue weighted by atomic mass is 10.2. The van der Waals surface area contributed by atoms with E-state index in [0.717, 1.165) is 5.56 Å². The summed E-state index contributed by atoms with van der Waals surface area (Å²) in [5.41, 5.74) is 2.88.